The summed E-state index contributed by atoms with van der Waals surface area (Å²) in [7, 11) is 1.89. The van der Waals surface area contributed by atoms with Crippen LogP contribution in [-0.2, 0) is 4.74 Å². The predicted octanol–water partition coefficient (Wildman–Crippen LogP) is 2.03. The second-order valence-electron chi connectivity index (χ2n) is 5.19. The molecule has 5 heteroatoms. The van der Waals surface area contributed by atoms with Crippen molar-refractivity contribution in [3.8, 4) is 0 Å². The third-order valence-electron chi connectivity index (χ3n) is 3.50. The van der Waals surface area contributed by atoms with Crippen LogP contribution < -0.4 is 5.32 Å². The first-order valence-electron chi connectivity index (χ1n) is 7.04. The second-order valence-corrected chi connectivity index (χ2v) is 5.19. The standard InChI is InChI=1S/C14H24N4O/c1-5-18-6-7-19-12(9-18)14-16-11(10(2)3)8-13(15-4)17-14/h8,10,12H,5-7,9H2,1-4H3,(H,15,16,17). The molecule has 1 atom stereocenters. The van der Waals surface area contributed by atoms with Gasteiger partial charge in [-0.3, -0.25) is 4.90 Å². The van der Waals surface area contributed by atoms with Gasteiger partial charge in [-0.25, -0.2) is 9.97 Å². The average molecular weight is 264 g/mol. The highest BCUT2D eigenvalue weighted by atomic mass is 16.5. The number of likely N-dealkylation sites (N-methyl/N-ethyl adjacent to an activating group) is 1. The molecule has 2 rings (SSSR count). The number of hydrogen-bond donors (Lipinski definition) is 1. The van der Waals surface area contributed by atoms with Crippen molar-refractivity contribution >= 4 is 5.82 Å². The van der Waals surface area contributed by atoms with Crippen molar-refractivity contribution in [2.24, 2.45) is 0 Å². The van der Waals surface area contributed by atoms with Crippen molar-refractivity contribution in [2.75, 3.05) is 38.6 Å². The lowest BCUT2D eigenvalue weighted by Gasteiger charge is -2.31. The predicted molar refractivity (Wildman–Crippen MR) is 76.5 cm³/mol. The summed E-state index contributed by atoms with van der Waals surface area (Å²) in [6, 6.07) is 2.01. The molecule has 5 nitrogen and oxygen atoms in total. The van der Waals surface area contributed by atoms with E-state index in [2.05, 4.69) is 41.0 Å². The van der Waals surface area contributed by atoms with Crippen molar-refractivity contribution in [1.29, 1.82) is 0 Å². The van der Waals surface area contributed by atoms with E-state index < -0.39 is 0 Å². The summed E-state index contributed by atoms with van der Waals surface area (Å²) in [5.74, 6) is 2.05. The molecule has 1 aliphatic rings. The van der Waals surface area contributed by atoms with Crippen LogP contribution in [0.5, 0.6) is 0 Å². The number of hydrogen-bond acceptors (Lipinski definition) is 5. The van der Waals surface area contributed by atoms with Crippen LogP contribution in [0.4, 0.5) is 5.82 Å². The van der Waals surface area contributed by atoms with Crippen LogP contribution in [0.15, 0.2) is 6.07 Å². The molecule has 1 N–H and O–H groups in total. The Morgan fingerprint density at radius 3 is 2.89 bits per heavy atom. The molecule has 1 aromatic rings. The van der Waals surface area contributed by atoms with Gasteiger partial charge in [0.15, 0.2) is 5.82 Å². The second kappa shape index (κ2) is 6.30. The van der Waals surface area contributed by atoms with Crippen LogP contribution in [-0.4, -0.2) is 48.2 Å². The first-order valence-corrected chi connectivity index (χ1v) is 7.04. The molecule has 0 saturated carbocycles. The van der Waals surface area contributed by atoms with Crippen LogP contribution in [0.2, 0.25) is 0 Å². The molecule has 0 bridgehead atoms. The van der Waals surface area contributed by atoms with Gasteiger partial charge in [0, 0.05) is 31.9 Å². The summed E-state index contributed by atoms with van der Waals surface area (Å²) in [5.41, 5.74) is 1.06. The van der Waals surface area contributed by atoms with Crippen LogP contribution in [0, 0.1) is 0 Å². The van der Waals surface area contributed by atoms with E-state index in [1.165, 1.54) is 0 Å². The van der Waals surface area contributed by atoms with Crippen molar-refractivity contribution in [3.05, 3.63) is 17.6 Å². The van der Waals surface area contributed by atoms with E-state index in [1.807, 2.05) is 13.1 Å². The molecule has 2 heterocycles. The lowest BCUT2D eigenvalue weighted by molar-refractivity contribution is -0.0326. The van der Waals surface area contributed by atoms with Gasteiger partial charge in [-0.1, -0.05) is 20.8 Å². The summed E-state index contributed by atoms with van der Waals surface area (Å²) in [5, 5.41) is 3.11. The van der Waals surface area contributed by atoms with Crippen LogP contribution in [0.1, 0.15) is 44.3 Å². The van der Waals surface area contributed by atoms with Gasteiger partial charge in [0.05, 0.1) is 6.61 Å². The summed E-state index contributed by atoms with van der Waals surface area (Å²) in [6.07, 6.45) is -0.0144. The Hall–Kier alpha value is -1.20. The number of nitrogens with one attached hydrogen (secondary N) is 1. The monoisotopic (exact) mass is 264 g/mol. The topological polar surface area (TPSA) is 50.3 Å². The highest BCUT2D eigenvalue weighted by molar-refractivity contribution is 5.36. The maximum absolute atomic E-state index is 5.84. The van der Waals surface area contributed by atoms with E-state index >= 15 is 0 Å². The van der Waals surface area contributed by atoms with Gasteiger partial charge >= 0.3 is 0 Å². The fourth-order valence-electron chi connectivity index (χ4n) is 2.20. The van der Waals surface area contributed by atoms with E-state index in [9.17, 15) is 0 Å². The number of nitrogens with zero attached hydrogens (tertiary/aromatic N) is 3. The van der Waals surface area contributed by atoms with Gasteiger partial charge in [0.1, 0.15) is 11.9 Å². The lowest BCUT2D eigenvalue weighted by Crippen LogP contribution is -2.38. The van der Waals surface area contributed by atoms with Gasteiger partial charge in [0.2, 0.25) is 0 Å². The molecule has 0 aliphatic carbocycles. The molecule has 1 aromatic heterocycles. The van der Waals surface area contributed by atoms with E-state index in [-0.39, 0.29) is 6.10 Å². The third kappa shape index (κ3) is 3.42. The zero-order chi connectivity index (χ0) is 13.8. The number of rotatable bonds is 4. The lowest BCUT2D eigenvalue weighted by atomic mass is 10.1. The normalized spacial score (nSPS) is 20.8. The summed E-state index contributed by atoms with van der Waals surface area (Å²) in [6.45, 7) is 10.1. The zero-order valence-electron chi connectivity index (χ0n) is 12.3. The molecular formula is C14H24N4O. The first kappa shape index (κ1) is 14.2. The van der Waals surface area contributed by atoms with E-state index in [4.69, 9.17) is 4.74 Å². The van der Waals surface area contributed by atoms with Gasteiger partial charge in [-0.15, -0.1) is 0 Å². The van der Waals surface area contributed by atoms with Gasteiger partial charge in [-0.05, 0) is 12.5 Å². The quantitative estimate of drug-likeness (QED) is 0.902. The van der Waals surface area contributed by atoms with E-state index in [0.717, 1.165) is 43.6 Å². The van der Waals surface area contributed by atoms with Gasteiger partial charge < -0.3 is 10.1 Å². The van der Waals surface area contributed by atoms with Gasteiger partial charge in [-0.2, -0.15) is 0 Å². The molecule has 0 spiro atoms. The highest BCUT2D eigenvalue weighted by Gasteiger charge is 2.24. The Labute approximate surface area is 115 Å². The molecule has 1 aliphatic heterocycles. The van der Waals surface area contributed by atoms with E-state index in [1.54, 1.807) is 0 Å². The van der Waals surface area contributed by atoms with Crippen LogP contribution in [0.3, 0.4) is 0 Å². The minimum absolute atomic E-state index is 0.0144. The van der Waals surface area contributed by atoms with Crippen molar-refractivity contribution < 1.29 is 4.74 Å². The van der Waals surface area contributed by atoms with Crippen LogP contribution >= 0.6 is 0 Å². The summed E-state index contributed by atoms with van der Waals surface area (Å²) < 4.78 is 5.84. The number of ether oxygens (including phenoxy) is 1. The van der Waals surface area contributed by atoms with E-state index in [0.29, 0.717) is 5.92 Å². The molecule has 19 heavy (non-hydrogen) atoms. The molecule has 1 fully saturated rings. The third-order valence-corrected chi connectivity index (χ3v) is 3.50. The summed E-state index contributed by atoms with van der Waals surface area (Å²) in [4.78, 5) is 11.6. The first-order chi connectivity index (χ1) is 9.13. The number of morpholine rings is 1. The minimum Gasteiger partial charge on any atom is -0.373 e. The average Bonchev–Trinajstić information content (AvgIpc) is 2.46. The van der Waals surface area contributed by atoms with Crippen LogP contribution in [0.25, 0.3) is 0 Å². The molecule has 1 saturated heterocycles. The Morgan fingerprint density at radius 1 is 1.47 bits per heavy atom. The fraction of sp³-hybridized carbons (Fsp3) is 0.714. The summed E-state index contributed by atoms with van der Waals surface area (Å²) >= 11 is 0. The molecular weight excluding hydrogens is 240 g/mol. The zero-order valence-corrected chi connectivity index (χ0v) is 12.3. The largest absolute Gasteiger partial charge is 0.373 e. The maximum Gasteiger partial charge on any atom is 0.161 e. The molecule has 106 valence electrons. The van der Waals surface area contributed by atoms with Crippen molar-refractivity contribution in [1.82, 2.24) is 14.9 Å². The van der Waals surface area contributed by atoms with Crippen molar-refractivity contribution in [3.63, 3.8) is 0 Å². The number of aromatic nitrogens is 2. The molecule has 0 amide bonds. The SMILES string of the molecule is CCN1CCOC(c2nc(NC)cc(C(C)C)n2)C1. The maximum atomic E-state index is 5.84. The highest BCUT2D eigenvalue weighted by Crippen LogP contribution is 2.23. The molecule has 0 aromatic carbocycles. The molecule has 1 unspecified atom stereocenters. The van der Waals surface area contributed by atoms with Gasteiger partial charge in [0.25, 0.3) is 0 Å². The van der Waals surface area contributed by atoms with Crippen molar-refractivity contribution in [2.45, 2.75) is 32.8 Å². The smallest absolute Gasteiger partial charge is 0.161 e. The fourth-order valence-corrected chi connectivity index (χ4v) is 2.20. The minimum atomic E-state index is -0.0144. The molecule has 0 radical (unpaired) electrons. The number of anilines is 1. The Bertz CT molecular complexity index is 422. The Morgan fingerprint density at radius 2 is 2.26 bits per heavy atom. The Kier molecular flexibility index (Phi) is 4.71. The Balaban J connectivity index is 2.25.